The van der Waals surface area contributed by atoms with Crippen LogP contribution in [0.1, 0.15) is 16.1 Å². The quantitative estimate of drug-likeness (QED) is 0.602. The Morgan fingerprint density at radius 1 is 1.24 bits per heavy atom. The Hall–Kier alpha value is -3.00. The Kier molecular flexibility index (Phi) is 6.14. The number of ether oxygens (including phenoxy) is 2. The number of carbonyl (C=O) groups is 1. The number of hydrogen-bond acceptors (Lipinski definition) is 7. The molecule has 1 amide bonds. The predicted molar refractivity (Wildman–Crippen MR) is 111 cm³/mol. The molecular formula is C20H16F6N4O3S. The molecule has 1 aromatic carbocycles. The van der Waals surface area contributed by atoms with Gasteiger partial charge in [-0.1, -0.05) is 11.8 Å². The third-order valence-electron chi connectivity index (χ3n) is 5.24. The smallest absolute Gasteiger partial charge is 0.422 e. The molecule has 2 aliphatic rings. The minimum atomic E-state index is -4.64. The highest BCUT2D eigenvalue weighted by Gasteiger charge is 2.61. The summed E-state index contributed by atoms with van der Waals surface area (Å²) in [4.78, 5) is 20.2. The van der Waals surface area contributed by atoms with Gasteiger partial charge in [0.15, 0.2) is 34.5 Å². The van der Waals surface area contributed by atoms with Gasteiger partial charge in [-0.3, -0.25) is 4.79 Å². The minimum Gasteiger partial charge on any atom is -0.482 e. The average molecular weight is 506 g/mol. The molecule has 0 radical (unpaired) electrons. The van der Waals surface area contributed by atoms with Crippen molar-refractivity contribution in [2.24, 2.45) is 10.7 Å². The molecule has 2 aliphatic heterocycles. The van der Waals surface area contributed by atoms with Crippen molar-refractivity contribution in [3.05, 3.63) is 53.4 Å². The molecule has 0 unspecified atom stereocenters. The second-order valence-corrected chi connectivity index (χ2v) is 8.61. The van der Waals surface area contributed by atoms with Gasteiger partial charge in [-0.25, -0.2) is 23.1 Å². The molecule has 1 aromatic heterocycles. The largest absolute Gasteiger partial charge is 0.482 e. The lowest BCUT2D eigenvalue weighted by atomic mass is 9.79. The number of nitrogens with two attached hydrogens (primary N) is 1. The Bertz CT molecular complexity index is 1160. The van der Waals surface area contributed by atoms with Gasteiger partial charge in [0.05, 0.1) is 19.4 Å². The van der Waals surface area contributed by atoms with Crippen LogP contribution in [0.25, 0.3) is 0 Å². The molecule has 182 valence electrons. The number of amides is 1. The fourth-order valence-electron chi connectivity index (χ4n) is 3.63. The minimum absolute atomic E-state index is 0.0318. The van der Waals surface area contributed by atoms with E-state index < -0.39 is 53.0 Å². The van der Waals surface area contributed by atoms with Gasteiger partial charge in [-0.2, -0.15) is 13.2 Å². The zero-order valence-electron chi connectivity index (χ0n) is 17.1. The van der Waals surface area contributed by atoms with Crippen LogP contribution in [0.15, 0.2) is 35.5 Å². The molecule has 3 heterocycles. The average Bonchev–Trinajstić information content (AvgIpc) is 3.10. The molecule has 14 heteroatoms. The van der Waals surface area contributed by atoms with Crippen molar-refractivity contribution >= 4 is 28.5 Å². The molecular weight excluding hydrogens is 490 g/mol. The maximum atomic E-state index is 15.6. The number of carbonyl (C=O) groups excluding carboxylic acids is 1. The van der Waals surface area contributed by atoms with Crippen LogP contribution in [0.3, 0.4) is 0 Å². The number of aromatic nitrogens is 1. The van der Waals surface area contributed by atoms with Crippen molar-refractivity contribution in [2.75, 3.05) is 30.9 Å². The van der Waals surface area contributed by atoms with Crippen LogP contribution in [0.5, 0.6) is 5.75 Å². The number of nitrogens with one attached hydrogen (secondary N) is 1. The summed E-state index contributed by atoms with van der Waals surface area (Å²) in [5.74, 6) is -3.78. The lowest BCUT2D eigenvalue weighted by Gasteiger charge is -2.38. The van der Waals surface area contributed by atoms with Crippen LogP contribution in [-0.2, 0) is 10.3 Å². The number of amidine groups is 1. The molecule has 2 atom stereocenters. The SMILES string of the molecule is NC1=N[C@@]2(c3cc(NC(=O)c4ncc(OCC(F)(F)F)cc4F)ccc3F)COC[C@@]2(F)CS1. The molecule has 0 aliphatic carbocycles. The maximum absolute atomic E-state index is 15.6. The van der Waals surface area contributed by atoms with Crippen molar-refractivity contribution in [1.82, 2.24) is 4.98 Å². The Labute approximate surface area is 192 Å². The molecule has 1 fully saturated rings. The van der Waals surface area contributed by atoms with E-state index in [-0.39, 0.29) is 35.4 Å². The van der Waals surface area contributed by atoms with E-state index in [1.165, 1.54) is 0 Å². The number of benzene rings is 1. The van der Waals surface area contributed by atoms with Crippen LogP contribution in [0.4, 0.5) is 32.0 Å². The third-order valence-corrected chi connectivity index (χ3v) is 6.23. The highest BCUT2D eigenvalue weighted by Crippen LogP contribution is 2.50. The standard InChI is InChI=1S/C20H16F6N4O3S/c21-13-2-1-10(3-12(13)19-7-32-6-18(19,23)9-34-17(27)30-19)29-16(31)15-14(22)4-11(5-28-15)33-8-20(24,25)26/h1-5H,6-9H2,(H2,27,30)(H,29,31)/t18-,19-/m1/s1. The van der Waals surface area contributed by atoms with Crippen molar-refractivity contribution < 1.29 is 40.6 Å². The summed E-state index contributed by atoms with van der Waals surface area (Å²) in [7, 11) is 0. The van der Waals surface area contributed by atoms with E-state index in [0.717, 1.165) is 36.2 Å². The van der Waals surface area contributed by atoms with Crippen LogP contribution < -0.4 is 15.8 Å². The van der Waals surface area contributed by atoms with Crippen molar-refractivity contribution in [3.8, 4) is 5.75 Å². The maximum Gasteiger partial charge on any atom is 0.422 e. The molecule has 0 bridgehead atoms. The fraction of sp³-hybridized carbons (Fsp3) is 0.350. The van der Waals surface area contributed by atoms with Crippen LogP contribution in [0, 0.1) is 11.6 Å². The molecule has 0 saturated carbocycles. The van der Waals surface area contributed by atoms with Crippen molar-refractivity contribution in [3.63, 3.8) is 0 Å². The molecule has 1 saturated heterocycles. The van der Waals surface area contributed by atoms with E-state index in [9.17, 15) is 26.7 Å². The molecule has 4 rings (SSSR count). The lowest BCUT2D eigenvalue weighted by molar-refractivity contribution is -0.153. The number of rotatable bonds is 5. The Morgan fingerprint density at radius 2 is 2.00 bits per heavy atom. The number of thioether (sulfide) groups is 1. The number of alkyl halides is 4. The molecule has 2 aromatic rings. The van der Waals surface area contributed by atoms with Crippen LogP contribution in [0.2, 0.25) is 0 Å². The van der Waals surface area contributed by atoms with E-state index in [0.29, 0.717) is 6.07 Å². The number of hydrogen-bond donors (Lipinski definition) is 2. The Balaban J connectivity index is 1.59. The van der Waals surface area contributed by atoms with Gasteiger partial charge in [-0.05, 0) is 18.2 Å². The summed E-state index contributed by atoms with van der Waals surface area (Å²) in [5, 5.41) is 2.35. The summed E-state index contributed by atoms with van der Waals surface area (Å²) in [5.41, 5.74) is 0.957. The topological polar surface area (TPSA) is 98.8 Å². The highest BCUT2D eigenvalue weighted by molar-refractivity contribution is 8.13. The number of aliphatic imine (C=N–C) groups is 1. The van der Waals surface area contributed by atoms with E-state index in [1.807, 2.05) is 0 Å². The van der Waals surface area contributed by atoms with E-state index in [4.69, 9.17) is 10.5 Å². The fourth-order valence-corrected chi connectivity index (χ4v) is 4.55. The summed E-state index contributed by atoms with van der Waals surface area (Å²) in [6.45, 7) is -2.27. The summed E-state index contributed by atoms with van der Waals surface area (Å²) in [6, 6.07) is 3.85. The van der Waals surface area contributed by atoms with Gasteiger partial charge in [0, 0.05) is 23.1 Å². The summed E-state index contributed by atoms with van der Waals surface area (Å²) in [6.07, 6.45) is -3.89. The predicted octanol–water partition coefficient (Wildman–Crippen LogP) is 3.55. The first kappa shape index (κ1) is 24.1. The first-order valence-corrected chi connectivity index (χ1v) is 10.6. The van der Waals surface area contributed by atoms with E-state index >= 15 is 4.39 Å². The van der Waals surface area contributed by atoms with Crippen molar-refractivity contribution in [2.45, 2.75) is 17.4 Å². The van der Waals surface area contributed by atoms with Gasteiger partial charge in [0.1, 0.15) is 11.6 Å². The number of nitrogens with zero attached hydrogens (tertiary/aromatic N) is 2. The van der Waals surface area contributed by atoms with Gasteiger partial charge in [0.2, 0.25) is 0 Å². The molecule has 7 nitrogen and oxygen atoms in total. The molecule has 0 spiro atoms. The first-order valence-electron chi connectivity index (χ1n) is 9.64. The van der Waals surface area contributed by atoms with Gasteiger partial charge in [-0.15, -0.1) is 0 Å². The zero-order valence-corrected chi connectivity index (χ0v) is 17.9. The second kappa shape index (κ2) is 8.65. The zero-order chi connectivity index (χ0) is 24.7. The summed E-state index contributed by atoms with van der Waals surface area (Å²) >= 11 is 0.970. The van der Waals surface area contributed by atoms with Crippen molar-refractivity contribution in [1.29, 1.82) is 0 Å². The monoisotopic (exact) mass is 506 g/mol. The van der Waals surface area contributed by atoms with Crippen LogP contribution in [-0.4, -0.2) is 53.5 Å². The van der Waals surface area contributed by atoms with Gasteiger partial charge >= 0.3 is 6.18 Å². The number of pyridine rings is 1. The number of halogens is 6. The Morgan fingerprint density at radius 3 is 2.71 bits per heavy atom. The van der Waals surface area contributed by atoms with Gasteiger partial charge < -0.3 is 20.5 Å². The first-order chi connectivity index (χ1) is 15.9. The number of fused-ring (bicyclic) bond motifs is 1. The van der Waals surface area contributed by atoms with Crippen LogP contribution >= 0.6 is 11.8 Å². The lowest BCUT2D eigenvalue weighted by Crippen LogP contribution is -2.52. The highest BCUT2D eigenvalue weighted by atomic mass is 32.2. The second-order valence-electron chi connectivity index (χ2n) is 7.61. The third kappa shape index (κ3) is 4.51. The molecule has 3 N–H and O–H groups in total. The number of anilines is 1. The van der Waals surface area contributed by atoms with Gasteiger partial charge in [0.25, 0.3) is 5.91 Å². The van der Waals surface area contributed by atoms with E-state index in [1.54, 1.807) is 0 Å². The normalized spacial score (nSPS) is 24.4. The molecule has 34 heavy (non-hydrogen) atoms. The summed E-state index contributed by atoms with van der Waals surface area (Å²) < 4.78 is 91.1. The van der Waals surface area contributed by atoms with E-state index in [2.05, 4.69) is 20.0 Å².